The van der Waals surface area contributed by atoms with E-state index in [-0.39, 0.29) is 5.91 Å². The maximum Gasteiger partial charge on any atom is 0.410 e. The van der Waals surface area contributed by atoms with E-state index in [0.717, 1.165) is 39.1 Å². The van der Waals surface area contributed by atoms with Crippen LogP contribution in [-0.2, 0) is 9.53 Å². The largest absolute Gasteiger partial charge is 0.444 e. The fraction of sp³-hybridized carbons (Fsp3) is 0.636. The number of rotatable bonds is 5. The Morgan fingerprint density at radius 1 is 1.07 bits per heavy atom. The Bertz CT molecular complexity index is 681. The highest BCUT2D eigenvalue weighted by Gasteiger charge is 2.36. The first kappa shape index (κ1) is 21.4. The van der Waals surface area contributed by atoms with Gasteiger partial charge in [0, 0.05) is 51.5 Å². The lowest BCUT2D eigenvalue weighted by Crippen LogP contribution is -2.51. The molecule has 1 atom stereocenters. The summed E-state index contributed by atoms with van der Waals surface area (Å²) in [4.78, 5) is 31.3. The van der Waals surface area contributed by atoms with Crippen LogP contribution >= 0.6 is 0 Å². The summed E-state index contributed by atoms with van der Waals surface area (Å²) in [5.74, 6) is -0.0729. The topological polar surface area (TPSA) is 65.1 Å². The lowest BCUT2D eigenvalue weighted by Gasteiger charge is -2.36. The van der Waals surface area contributed by atoms with Crippen molar-refractivity contribution in [3.8, 4) is 0 Å². The van der Waals surface area contributed by atoms with Crippen LogP contribution < -0.4 is 10.2 Å². The van der Waals surface area contributed by atoms with Crippen LogP contribution in [0, 0.1) is 0 Å². The molecule has 2 saturated heterocycles. The molecule has 1 aromatic rings. The second kappa shape index (κ2) is 9.48. The normalized spacial score (nSPS) is 20.6. The lowest BCUT2D eigenvalue weighted by molar-refractivity contribution is -0.125. The van der Waals surface area contributed by atoms with Crippen molar-refractivity contribution >= 4 is 17.7 Å². The fourth-order valence-electron chi connectivity index (χ4n) is 3.90. The van der Waals surface area contributed by atoms with Gasteiger partial charge in [-0.3, -0.25) is 14.6 Å². The second-order valence-corrected chi connectivity index (χ2v) is 8.79. The number of carbonyl (C=O) groups is 2. The molecular formula is C22H34N4O3. The molecule has 3 rings (SSSR count). The number of likely N-dealkylation sites (tertiary alicyclic amines) is 1. The van der Waals surface area contributed by atoms with Crippen LogP contribution in [0.1, 0.15) is 33.6 Å². The lowest BCUT2D eigenvalue weighted by atomic mass is 10.2. The van der Waals surface area contributed by atoms with Gasteiger partial charge < -0.3 is 15.0 Å². The first-order valence-corrected chi connectivity index (χ1v) is 10.6. The molecule has 7 heteroatoms. The SMILES string of the molecule is CC(C)(C)OC(=O)N1CCC[C@H]1C(=O)NCCN1CCN(c2ccccc2)CC1. The van der Waals surface area contributed by atoms with E-state index in [1.165, 1.54) is 5.69 Å². The maximum atomic E-state index is 12.6. The summed E-state index contributed by atoms with van der Waals surface area (Å²) >= 11 is 0. The molecule has 0 aliphatic carbocycles. The molecule has 1 aromatic carbocycles. The predicted octanol–water partition coefficient (Wildman–Crippen LogP) is 2.32. The third-order valence-electron chi connectivity index (χ3n) is 5.40. The molecule has 0 aromatic heterocycles. The van der Waals surface area contributed by atoms with Crippen molar-refractivity contribution in [1.29, 1.82) is 0 Å². The zero-order valence-electron chi connectivity index (χ0n) is 17.9. The van der Waals surface area contributed by atoms with Gasteiger partial charge in [0.2, 0.25) is 5.91 Å². The van der Waals surface area contributed by atoms with Gasteiger partial charge in [-0.15, -0.1) is 0 Å². The minimum absolute atomic E-state index is 0.0729. The number of piperazine rings is 1. The third kappa shape index (κ3) is 6.10. The van der Waals surface area contributed by atoms with E-state index in [0.29, 0.717) is 19.5 Å². The Balaban J connectivity index is 1.39. The molecule has 0 unspecified atom stereocenters. The van der Waals surface area contributed by atoms with Crippen molar-refractivity contribution in [1.82, 2.24) is 15.1 Å². The molecule has 160 valence electrons. The summed E-state index contributed by atoms with van der Waals surface area (Å²) in [6.07, 6.45) is 1.13. The predicted molar refractivity (Wildman–Crippen MR) is 114 cm³/mol. The minimum Gasteiger partial charge on any atom is -0.444 e. The molecule has 0 spiro atoms. The molecule has 2 fully saturated rings. The number of amides is 2. The van der Waals surface area contributed by atoms with Crippen molar-refractivity contribution in [3.05, 3.63) is 30.3 Å². The molecule has 0 bridgehead atoms. The molecule has 2 aliphatic heterocycles. The van der Waals surface area contributed by atoms with Crippen LogP contribution in [0.25, 0.3) is 0 Å². The number of ether oxygens (including phenoxy) is 1. The fourth-order valence-corrected chi connectivity index (χ4v) is 3.90. The molecule has 2 heterocycles. The molecule has 2 amide bonds. The van der Waals surface area contributed by atoms with E-state index in [2.05, 4.69) is 39.4 Å². The van der Waals surface area contributed by atoms with Gasteiger partial charge in [-0.25, -0.2) is 4.79 Å². The standard InChI is InChI=1S/C22H34N4O3/c1-22(2,3)29-21(28)26-12-7-10-19(26)20(27)23-11-13-24-14-16-25(17-15-24)18-8-5-4-6-9-18/h4-6,8-9,19H,7,10-17H2,1-3H3,(H,23,27)/t19-/m0/s1. The van der Waals surface area contributed by atoms with Crippen molar-refractivity contribution in [2.75, 3.05) is 50.7 Å². The van der Waals surface area contributed by atoms with E-state index in [9.17, 15) is 9.59 Å². The quantitative estimate of drug-likeness (QED) is 0.819. The van der Waals surface area contributed by atoms with E-state index in [1.807, 2.05) is 26.8 Å². The zero-order valence-corrected chi connectivity index (χ0v) is 17.9. The summed E-state index contributed by atoms with van der Waals surface area (Å²) in [5.41, 5.74) is 0.715. The molecule has 29 heavy (non-hydrogen) atoms. The van der Waals surface area contributed by atoms with Crippen LogP contribution in [0.2, 0.25) is 0 Å². The molecule has 0 saturated carbocycles. The van der Waals surface area contributed by atoms with Gasteiger partial charge in [0.1, 0.15) is 11.6 Å². The van der Waals surface area contributed by atoms with Crippen LogP contribution in [0.4, 0.5) is 10.5 Å². The van der Waals surface area contributed by atoms with E-state index in [1.54, 1.807) is 4.90 Å². The average Bonchev–Trinajstić information content (AvgIpc) is 3.18. The van der Waals surface area contributed by atoms with Gasteiger partial charge >= 0.3 is 6.09 Å². The van der Waals surface area contributed by atoms with E-state index in [4.69, 9.17) is 4.74 Å². The van der Waals surface area contributed by atoms with Gasteiger partial charge in [0.05, 0.1) is 0 Å². The Labute approximate surface area is 174 Å². The highest BCUT2D eigenvalue weighted by atomic mass is 16.6. The number of hydrogen-bond donors (Lipinski definition) is 1. The highest BCUT2D eigenvalue weighted by molar-refractivity contribution is 5.86. The van der Waals surface area contributed by atoms with Crippen LogP contribution in [0.5, 0.6) is 0 Å². The summed E-state index contributed by atoms with van der Waals surface area (Å²) in [5, 5.41) is 3.02. The monoisotopic (exact) mass is 402 g/mol. The summed E-state index contributed by atoms with van der Waals surface area (Å²) in [6.45, 7) is 11.5. The molecule has 0 radical (unpaired) electrons. The Morgan fingerprint density at radius 2 is 1.76 bits per heavy atom. The number of carbonyl (C=O) groups excluding carboxylic acids is 2. The van der Waals surface area contributed by atoms with Gasteiger partial charge in [0.15, 0.2) is 0 Å². The van der Waals surface area contributed by atoms with E-state index >= 15 is 0 Å². The first-order chi connectivity index (χ1) is 13.8. The summed E-state index contributed by atoms with van der Waals surface area (Å²) in [7, 11) is 0. The maximum absolute atomic E-state index is 12.6. The Kier molecular flexibility index (Phi) is 7.00. The average molecular weight is 403 g/mol. The number of benzene rings is 1. The zero-order chi connectivity index (χ0) is 20.9. The first-order valence-electron chi connectivity index (χ1n) is 10.6. The number of hydrogen-bond acceptors (Lipinski definition) is 5. The molecule has 1 N–H and O–H groups in total. The number of nitrogens with one attached hydrogen (secondary N) is 1. The number of para-hydroxylation sites is 1. The van der Waals surface area contributed by atoms with Gasteiger partial charge in [0.25, 0.3) is 0 Å². The molecule has 2 aliphatic rings. The molecule has 7 nitrogen and oxygen atoms in total. The number of anilines is 1. The number of nitrogens with zero attached hydrogens (tertiary/aromatic N) is 3. The highest BCUT2D eigenvalue weighted by Crippen LogP contribution is 2.21. The third-order valence-corrected chi connectivity index (χ3v) is 5.40. The smallest absolute Gasteiger partial charge is 0.410 e. The van der Waals surface area contributed by atoms with E-state index < -0.39 is 17.7 Å². The summed E-state index contributed by atoms with van der Waals surface area (Å²) < 4.78 is 5.44. The van der Waals surface area contributed by atoms with Gasteiger partial charge in [-0.05, 0) is 45.7 Å². The minimum atomic E-state index is -0.553. The van der Waals surface area contributed by atoms with Crippen LogP contribution in [0.3, 0.4) is 0 Å². The van der Waals surface area contributed by atoms with Crippen LogP contribution in [0.15, 0.2) is 30.3 Å². The Hall–Kier alpha value is -2.28. The Morgan fingerprint density at radius 3 is 2.41 bits per heavy atom. The second-order valence-electron chi connectivity index (χ2n) is 8.79. The van der Waals surface area contributed by atoms with Crippen molar-refractivity contribution in [2.45, 2.75) is 45.3 Å². The van der Waals surface area contributed by atoms with Gasteiger partial charge in [-0.1, -0.05) is 18.2 Å². The van der Waals surface area contributed by atoms with Crippen molar-refractivity contribution < 1.29 is 14.3 Å². The molecular weight excluding hydrogens is 368 g/mol. The van der Waals surface area contributed by atoms with Crippen molar-refractivity contribution in [2.24, 2.45) is 0 Å². The summed E-state index contributed by atoms with van der Waals surface area (Å²) in [6, 6.07) is 10.1. The van der Waals surface area contributed by atoms with Crippen LogP contribution in [-0.4, -0.2) is 79.3 Å². The van der Waals surface area contributed by atoms with Gasteiger partial charge in [-0.2, -0.15) is 0 Å². The van der Waals surface area contributed by atoms with Crippen molar-refractivity contribution in [3.63, 3.8) is 0 Å².